The lowest BCUT2D eigenvalue weighted by Crippen LogP contribution is -2.43. The number of aromatic nitrogens is 2. The van der Waals surface area contributed by atoms with E-state index in [1.54, 1.807) is 13.2 Å². The maximum absolute atomic E-state index is 12.7. The van der Waals surface area contributed by atoms with Gasteiger partial charge in [-0.1, -0.05) is 0 Å². The lowest BCUT2D eigenvalue weighted by atomic mass is 9.76. The summed E-state index contributed by atoms with van der Waals surface area (Å²) in [5, 5.41) is 16.6. The molecule has 3 saturated heterocycles. The molecule has 0 radical (unpaired) electrons. The number of ether oxygens (including phenoxy) is 3. The van der Waals surface area contributed by atoms with Gasteiger partial charge < -0.3 is 29.3 Å². The summed E-state index contributed by atoms with van der Waals surface area (Å²) in [5.41, 5.74) is -0.391. The fraction of sp³-hybridized carbons (Fsp3) is 0.714. The highest BCUT2D eigenvalue weighted by atomic mass is 16.6. The number of anilines is 1. The summed E-state index contributed by atoms with van der Waals surface area (Å²) in [6.45, 7) is 3.70. The summed E-state index contributed by atoms with van der Waals surface area (Å²) in [7, 11) is 3.09. The van der Waals surface area contributed by atoms with Gasteiger partial charge in [0.25, 0.3) is 6.47 Å². The van der Waals surface area contributed by atoms with Crippen molar-refractivity contribution in [2.75, 3.05) is 51.8 Å². The summed E-state index contributed by atoms with van der Waals surface area (Å²) in [4.78, 5) is 34.1. The van der Waals surface area contributed by atoms with Crippen molar-refractivity contribution in [3.8, 4) is 11.9 Å². The van der Waals surface area contributed by atoms with Crippen LogP contribution in [0.1, 0.15) is 32.1 Å². The Balaban J connectivity index is 0.000000913. The van der Waals surface area contributed by atoms with Gasteiger partial charge in [-0.15, -0.1) is 0 Å². The van der Waals surface area contributed by atoms with E-state index >= 15 is 0 Å². The average molecular weight is 453 g/mol. The smallest absolute Gasteiger partial charge is 0.321 e. The van der Waals surface area contributed by atoms with Gasteiger partial charge in [-0.3, -0.25) is 14.5 Å². The van der Waals surface area contributed by atoms with Crippen molar-refractivity contribution >= 4 is 18.3 Å². The molecule has 3 aliphatic rings. The van der Waals surface area contributed by atoms with Crippen molar-refractivity contribution < 1.29 is 34.0 Å². The van der Waals surface area contributed by atoms with E-state index in [0.717, 1.165) is 70.6 Å². The van der Waals surface area contributed by atoms with Gasteiger partial charge in [0.15, 0.2) is 0 Å². The second-order valence-electron chi connectivity index (χ2n) is 8.39. The van der Waals surface area contributed by atoms with Crippen molar-refractivity contribution in [1.29, 1.82) is 0 Å². The Morgan fingerprint density at radius 1 is 1.19 bits per heavy atom. The SMILES string of the molecule is COc1cc(N2CCC3(CC2)CC(CN2CCC(O)CC2)OC3=O)nc(OC)n1.O=CO. The number of esters is 1. The molecule has 3 fully saturated rings. The summed E-state index contributed by atoms with van der Waals surface area (Å²) in [6.07, 6.45) is 3.62. The van der Waals surface area contributed by atoms with Crippen LogP contribution in [0.3, 0.4) is 0 Å². The molecule has 32 heavy (non-hydrogen) atoms. The molecule has 4 heterocycles. The fourth-order valence-electron chi connectivity index (χ4n) is 4.65. The summed E-state index contributed by atoms with van der Waals surface area (Å²) in [5.74, 6) is 1.15. The normalized spacial score (nSPS) is 23.3. The Morgan fingerprint density at radius 2 is 1.84 bits per heavy atom. The first-order valence-electron chi connectivity index (χ1n) is 10.8. The second-order valence-corrected chi connectivity index (χ2v) is 8.39. The largest absolute Gasteiger partial charge is 0.483 e. The molecular weight excluding hydrogens is 420 g/mol. The third-order valence-electron chi connectivity index (χ3n) is 6.45. The van der Waals surface area contributed by atoms with E-state index < -0.39 is 5.41 Å². The van der Waals surface area contributed by atoms with Gasteiger partial charge in [0, 0.05) is 45.2 Å². The first-order chi connectivity index (χ1) is 15.4. The monoisotopic (exact) mass is 452 g/mol. The van der Waals surface area contributed by atoms with Crippen molar-refractivity contribution in [3.63, 3.8) is 0 Å². The van der Waals surface area contributed by atoms with Crippen LogP contribution in [0.4, 0.5) is 5.82 Å². The number of aliphatic hydroxyl groups is 1. The Kier molecular flexibility index (Phi) is 8.08. The minimum Gasteiger partial charge on any atom is -0.483 e. The number of aliphatic hydroxyl groups excluding tert-OH is 1. The number of carbonyl (C=O) groups is 2. The van der Waals surface area contributed by atoms with E-state index in [1.165, 1.54) is 7.11 Å². The number of hydrogen-bond acceptors (Lipinski definition) is 10. The van der Waals surface area contributed by atoms with Gasteiger partial charge >= 0.3 is 12.0 Å². The van der Waals surface area contributed by atoms with Crippen LogP contribution in [0.15, 0.2) is 6.07 Å². The second kappa shape index (κ2) is 10.8. The van der Waals surface area contributed by atoms with Gasteiger partial charge in [-0.05, 0) is 25.7 Å². The minimum atomic E-state index is -0.391. The molecule has 2 N–H and O–H groups in total. The number of rotatable bonds is 5. The van der Waals surface area contributed by atoms with Crippen LogP contribution in [0.2, 0.25) is 0 Å². The third-order valence-corrected chi connectivity index (χ3v) is 6.45. The number of cyclic esters (lactones) is 1. The fourth-order valence-corrected chi connectivity index (χ4v) is 4.65. The van der Waals surface area contributed by atoms with Crippen LogP contribution in [0, 0.1) is 5.41 Å². The Hall–Kier alpha value is -2.66. The predicted octanol–water partition coefficient (Wildman–Crippen LogP) is 0.553. The zero-order chi connectivity index (χ0) is 23.1. The molecule has 11 heteroatoms. The number of piperidine rings is 2. The van der Waals surface area contributed by atoms with Crippen LogP contribution in [-0.2, 0) is 14.3 Å². The van der Waals surface area contributed by atoms with Crippen LogP contribution in [-0.4, -0.2) is 96.7 Å². The van der Waals surface area contributed by atoms with Crippen LogP contribution >= 0.6 is 0 Å². The molecule has 1 atom stereocenters. The molecule has 0 aromatic carbocycles. The molecule has 1 aromatic heterocycles. The lowest BCUT2D eigenvalue weighted by Gasteiger charge is -2.37. The van der Waals surface area contributed by atoms with E-state index in [4.69, 9.17) is 24.1 Å². The van der Waals surface area contributed by atoms with Crippen molar-refractivity contribution in [2.45, 2.75) is 44.3 Å². The molecule has 11 nitrogen and oxygen atoms in total. The van der Waals surface area contributed by atoms with Crippen molar-refractivity contribution in [3.05, 3.63) is 6.07 Å². The Morgan fingerprint density at radius 3 is 2.44 bits per heavy atom. The molecule has 1 unspecified atom stereocenters. The Bertz CT molecular complexity index is 755. The zero-order valence-corrected chi connectivity index (χ0v) is 18.6. The van der Waals surface area contributed by atoms with Gasteiger partial charge in [-0.2, -0.15) is 9.97 Å². The summed E-state index contributed by atoms with van der Waals surface area (Å²) >= 11 is 0. The highest BCUT2D eigenvalue weighted by molar-refractivity contribution is 5.79. The highest BCUT2D eigenvalue weighted by Gasteiger charge is 2.50. The number of likely N-dealkylation sites (tertiary alicyclic amines) is 1. The predicted molar refractivity (Wildman–Crippen MR) is 114 cm³/mol. The highest BCUT2D eigenvalue weighted by Crippen LogP contribution is 2.44. The number of carbonyl (C=O) groups excluding carboxylic acids is 1. The average Bonchev–Trinajstić information content (AvgIpc) is 3.10. The van der Waals surface area contributed by atoms with Gasteiger partial charge in [-0.25, -0.2) is 0 Å². The lowest BCUT2D eigenvalue weighted by molar-refractivity contribution is -0.150. The molecule has 0 amide bonds. The standard InChI is InChI=1S/C20H30N4O5.CH2O2/c1-27-17-11-16(21-19(22-17)28-2)24-9-5-20(6-10-24)12-15(29-18(20)26)13-23-7-3-14(25)4-8-23;2-1-3/h11,14-15,25H,3-10,12-13H2,1-2H3;1H,(H,2,3). The molecule has 0 bridgehead atoms. The first kappa shape index (κ1) is 24.0. The quantitative estimate of drug-likeness (QED) is 0.479. The van der Waals surface area contributed by atoms with Crippen LogP contribution in [0.5, 0.6) is 11.9 Å². The molecule has 4 rings (SSSR count). The van der Waals surface area contributed by atoms with Gasteiger partial charge in [0.2, 0.25) is 5.88 Å². The molecule has 1 aromatic rings. The molecule has 0 aliphatic carbocycles. The Labute approximate surface area is 187 Å². The molecule has 0 saturated carbocycles. The van der Waals surface area contributed by atoms with E-state index in [1.807, 2.05) is 0 Å². The van der Waals surface area contributed by atoms with Gasteiger partial charge in [0.1, 0.15) is 11.9 Å². The number of methoxy groups -OCH3 is 2. The molecule has 178 valence electrons. The third kappa shape index (κ3) is 5.57. The first-order valence-corrected chi connectivity index (χ1v) is 10.8. The number of nitrogens with zero attached hydrogens (tertiary/aromatic N) is 4. The van der Waals surface area contributed by atoms with Crippen LogP contribution in [0.25, 0.3) is 0 Å². The van der Waals surface area contributed by atoms with Gasteiger partial charge in [0.05, 0.1) is 25.7 Å². The maximum atomic E-state index is 12.7. The summed E-state index contributed by atoms with van der Waals surface area (Å²) in [6, 6.07) is 2.06. The molecule has 1 spiro atoms. The van der Waals surface area contributed by atoms with E-state index in [-0.39, 0.29) is 30.7 Å². The summed E-state index contributed by atoms with van der Waals surface area (Å²) < 4.78 is 16.2. The maximum Gasteiger partial charge on any atom is 0.321 e. The van der Waals surface area contributed by atoms with E-state index in [2.05, 4.69) is 19.8 Å². The molecular formula is C21H32N4O7. The zero-order valence-electron chi connectivity index (χ0n) is 18.6. The number of carboxylic acid groups (broad SMARTS) is 1. The van der Waals surface area contributed by atoms with Crippen molar-refractivity contribution in [1.82, 2.24) is 14.9 Å². The van der Waals surface area contributed by atoms with Crippen molar-refractivity contribution in [2.24, 2.45) is 5.41 Å². The number of hydrogen-bond donors (Lipinski definition) is 2. The minimum absolute atomic E-state index is 0.0523. The topological polar surface area (TPSA) is 135 Å². The van der Waals surface area contributed by atoms with Crippen LogP contribution < -0.4 is 14.4 Å². The molecule has 3 aliphatic heterocycles. The van der Waals surface area contributed by atoms with E-state index in [0.29, 0.717) is 5.88 Å². The van der Waals surface area contributed by atoms with E-state index in [9.17, 15) is 9.90 Å².